The SMILES string of the molecule is CCc1c(C)sc(NC(=S)Nc2ccn(Cc3ccc(Cl)c(Cl)c3)n2)c1C(=O)OC. The Morgan fingerprint density at radius 3 is 2.70 bits per heavy atom. The Labute approximate surface area is 194 Å². The molecule has 0 radical (unpaired) electrons. The van der Waals surface area contributed by atoms with Crippen LogP contribution >= 0.6 is 46.8 Å². The first kappa shape index (κ1) is 22.6. The van der Waals surface area contributed by atoms with Crippen molar-refractivity contribution in [3.05, 3.63) is 62.1 Å². The van der Waals surface area contributed by atoms with Gasteiger partial charge in [-0.15, -0.1) is 11.3 Å². The van der Waals surface area contributed by atoms with Crippen LogP contribution in [0.15, 0.2) is 30.5 Å². The number of nitrogens with zero attached hydrogens (tertiary/aromatic N) is 2. The summed E-state index contributed by atoms with van der Waals surface area (Å²) in [4.78, 5) is 13.3. The third-order valence-corrected chi connectivity index (χ3v) is 6.40. The van der Waals surface area contributed by atoms with Gasteiger partial charge in [-0.1, -0.05) is 36.2 Å². The molecule has 2 aromatic heterocycles. The molecule has 0 amide bonds. The molecule has 0 unspecified atom stereocenters. The summed E-state index contributed by atoms with van der Waals surface area (Å²) in [7, 11) is 1.37. The minimum Gasteiger partial charge on any atom is -0.465 e. The minimum absolute atomic E-state index is 0.337. The second-order valence-electron chi connectivity index (χ2n) is 6.41. The number of rotatable bonds is 6. The quantitative estimate of drug-likeness (QED) is 0.343. The fourth-order valence-electron chi connectivity index (χ4n) is 3.00. The average Bonchev–Trinajstić information content (AvgIpc) is 3.27. The normalized spacial score (nSPS) is 10.7. The number of benzene rings is 1. The first-order chi connectivity index (χ1) is 14.3. The van der Waals surface area contributed by atoms with Crippen LogP contribution in [-0.2, 0) is 17.7 Å². The lowest BCUT2D eigenvalue weighted by atomic mass is 10.1. The molecular formula is C20H20Cl2N4O2S2. The topological polar surface area (TPSA) is 68.2 Å². The van der Waals surface area contributed by atoms with Crippen LogP contribution in [0.4, 0.5) is 10.8 Å². The molecule has 3 rings (SSSR count). The fraction of sp³-hybridized carbons (Fsp3) is 0.250. The Hall–Kier alpha value is -2.13. The molecule has 0 saturated heterocycles. The van der Waals surface area contributed by atoms with Crippen molar-refractivity contribution in [2.24, 2.45) is 0 Å². The predicted molar refractivity (Wildman–Crippen MR) is 127 cm³/mol. The maximum atomic E-state index is 12.2. The van der Waals surface area contributed by atoms with E-state index in [4.69, 9.17) is 40.2 Å². The molecule has 0 aliphatic heterocycles. The molecule has 0 fully saturated rings. The maximum Gasteiger partial charge on any atom is 0.341 e. The zero-order valence-corrected chi connectivity index (χ0v) is 19.7. The summed E-state index contributed by atoms with van der Waals surface area (Å²) in [5, 5.41) is 12.6. The molecule has 6 nitrogen and oxygen atoms in total. The van der Waals surface area contributed by atoms with Gasteiger partial charge in [-0.25, -0.2) is 4.79 Å². The van der Waals surface area contributed by atoms with E-state index in [1.54, 1.807) is 10.7 Å². The van der Waals surface area contributed by atoms with Crippen molar-refractivity contribution in [2.45, 2.75) is 26.8 Å². The van der Waals surface area contributed by atoms with Crippen LogP contribution in [-0.4, -0.2) is 28.0 Å². The molecule has 3 aromatic rings. The van der Waals surface area contributed by atoms with Crippen LogP contribution in [0.3, 0.4) is 0 Å². The molecule has 0 atom stereocenters. The van der Waals surface area contributed by atoms with Crippen molar-refractivity contribution in [3.8, 4) is 0 Å². The number of anilines is 2. The van der Waals surface area contributed by atoms with E-state index >= 15 is 0 Å². The number of aromatic nitrogens is 2. The van der Waals surface area contributed by atoms with Gasteiger partial charge in [0.1, 0.15) is 5.00 Å². The van der Waals surface area contributed by atoms with Gasteiger partial charge in [0, 0.05) is 17.1 Å². The number of carbonyl (C=O) groups is 1. The van der Waals surface area contributed by atoms with E-state index in [1.165, 1.54) is 18.4 Å². The zero-order valence-electron chi connectivity index (χ0n) is 16.6. The van der Waals surface area contributed by atoms with E-state index in [2.05, 4.69) is 15.7 Å². The van der Waals surface area contributed by atoms with Crippen LogP contribution in [0.25, 0.3) is 0 Å². The molecule has 0 aliphatic carbocycles. The number of methoxy groups -OCH3 is 1. The van der Waals surface area contributed by atoms with Gasteiger partial charge in [0.15, 0.2) is 10.9 Å². The molecule has 0 aliphatic rings. The summed E-state index contributed by atoms with van der Waals surface area (Å²) in [6.45, 7) is 4.51. The van der Waals surface area contributed by atoms with Gasteiger partial charge in [-0.2, -0.15) is 5.10 Å². The highest BCUT2D eigenvalue weighted by Gasteiger charge is 2.22. The average molecular weight is 483 g/mol. The van der Waals surface area contributed by atoms with Crippen LogP contribution in [0, 0.1) is 6.92 Å². The molecule has 0 spiro atoms. The summed E-state index contributed by atoms with van der Waals surface area (Å²) >= 11 is 18.9. The van der Waals surface area contributed by atoms with Gasteiger partial charge in [-0.05, 0) is 48.8 Å². The monoisotopic (exact) mass is 482 g/mol. The first-order valence-corrected chi connectivity index (χ1v) is 11.1. The third-order valence-electron chi connectivity index (χ3n) is 4.39. The molecule has 0 saturated carbocycles. The third kappa shape index (κ3) is 5.13. The largest absolute Gasteiger partial charge is 0.465 e. The summed E-state index contributed by atoms with van der Waals surface area (Å²) in [6.07, 6.45) is 2.56. The van der Waals surface area contributed by atoms with Gasteiger partial charge in [-0.3, -0.25) is 4.68 Å². The van der Waals surface area contributed by atoms with E-state index in [0.29, 0.717) is 38.1 Å². The minimum atomic E-state index is -0.382. The smallest absolute Gasteiger partial charge is 0.341 e. The fourth-order valence-corrected chi connectivity index (χ4v) is 4.73. The Balaban J connectivity index is 1.69. The first-order valence-electron chi connectivity index (χ1n) is 9.08. The molecular weight excluding hydrogens is 463 g/mol. The second-order valence-corrected chi connectivity index (χ2v) is 8.86. The summed E-state index contributed by atoms with van der Waals surface area (Å²) in [6, 6.07) is 7.27. The number of nitrogens with one attached hydrogen (secondary N) is 2. The number of esters is 1. The Kier molecular flexibility index (Phi) is 7.36. The van der Waals surface area contributed by atoms with Gasteiger partial charge in [0.05, 0.1) is 29.3 Å². The van der Waals surface area contributed by atoms with Crippen LogP contribution in [0.1, 0.15) is 33.3 Å². The van der Waals surface area contributed by atoms with Crippen LogP contribution in [0.2, 0.25) is 10.0 Å². The molecule has 158 valence electrons. The van der Waals surface area contributed by atoms with E-state index < -0.39 is 0 Å². The highest BCUT2D eigenvalue weighted by atomic mass is 35.5. The van der Waals surface area contributed by atoms with Gasteiger partial charge < -0.3 is 15.4 Å². The van der Waals surface area contributed by atoms with E-state index in [9.17, 15) is 4.79 Å². The van der Waals surface area contributed by atoms with Crippen molar-refractivity contribution in [1.29, 1.82) is 0 Å². The number of aryl methyl sites for hydroxylation is 1. The summed E-state index contributed by atoms with van der Waals surface area (Å²) in [5.41, 5.74) is 2.46. The molecule has 10 heteroatoms. The van der Waals surface area contributed by atoms with Crippen LogP contribution < -0.4 is 10.6 Å². The molecule has 1 aromatic carbocycles. The highest BCUT2D eigenvalue weighted by molar-refractivity contribution is 7.80. The van der Waals surface area contributed by atoms with Crippen molar-refractivity contribution >= 4 is 68.7 Å². The lowest BCUT2D eigenvalue weighted by molar-refractivity contribution is 0.0601. The van der Waals surface area contributed by atoms with Crippen molar-refractivity contribution in [2.75, 3.05) is 17.7 Å². The van der Waals surface area contributed by atoms with Crippen molar-refractivity contribution < 1.29 is 9.53 Å². The number of thiocarbonyl (C=S) groups is 1. The Morgan fingerprint density at radius 2 is 2.03 bits per heavy atom. The Bertz CT molecular complexity index is 1090. The molecule has 30 heavy (non-hydrogen) atoms. The lowest BCUT2D eigenvalue weighted by Crippen LogP contribution is -2.20. The highest BCUT2D eigenvalue weighted by Crippen LogP contribution is 2.34. The molecule has 2 N–H and O–H groups in total. The Morgan fingerprint density at radius 1 is 1.27 bits per heavy atom. The molecule has 2 heterocycles. The summed E-state index contributed by atoms with van der Waals surface area (Å²) in [5.74, 6) is 0.198. The number of hydrogen-bond donors (Lipinski definition) is 2. The number of halogens is 2. The van der Waals surface area contributed by atoms with Gasteiger partial charge in [0.2, 0.25) is 0 Å². The maximum absolute atomic E-state index is 12.2. The van der Waals surface area contributed by atoms with Crippen molar-refractivity contribution in [1.82, 2.24) is 9.78 Å². The second kappa shape index (κ2) is 9.78. The lowest BCUT2D eigenvalue weighted by Gasteiger charge is -2.09. The van der Waals surface area contributed by atoms with Gasteiger partial charge in [0.25, 0.3) is 0 Å². The van der Waals surface area contributed by atoms with Crippen molar-refractivity contribution in [3.63, 3.8) is 0 Å². The number of hydrogen-bond acceptors (Lipinski definition) is 5. The molecule has 0 bridgehead atoms. The van der Waals surface area contributed by atoms with Crippen LogP contribution in [0.5, 0.6) is 0 Å². The number of thiophene rings is 1. The predicted octanol–water partition coefficient (Wildman–Crippen LogP) is 5.77. The van der Waals surface area contributed by atoms with E-state index in [1.807, 2.05) is 38.2 Å². The summed E-state index contributed by atoms with van der Waals surface area (Å²) < 4.78 is 6.70. The number of ether oxygens (including phenoxy) is 1. The van der Waals surface area contributed by atoms with E-state index in [0.717, 1.165) is 22.4 Å². The number of carbonyl (C=O) groups excluding carboxylic acids is 1. The standard InChI is InChI=1S/C20H20Cl2N4O2S2/c1-4-13-11(2)30-18(17(13)19(27)28-3)24-20(29)23-16-7-8-26(25-16)10-12-5-6-14(21)15(22)9-12/h5-9H,4,10H2,1-3H3,(H2,23,24,25,29). The van der Waals surface area contributed by atoms with Gasteiger partial charge >= 0.3 is 5.97 Å². The zero-order chi connectivity index (χ0) is 21.8. The van der Waals surface area contributed by atoms with E-state index in [-0.39, 0.29) is 5.97 Å².